The second kappa shape index (κ2) is 5.79. The molecule has 0 aliphatic heterocycles. The second-order valence-corrected chi connectivity index (χ2v) is 4.23. The van der Waals surface area contributed by atoms with E-state index in [-0.39, 0.29) is 0 Å². The molecule has 0 spiro atoms. The Hall–Kier alpha value is -3.27. The maximum Gasteiger partial charge on any atom is 0.158 e. The molecule has 0 aliphatic carbocycles. The fourth-order valence-electron chi connectivity index (χ4n) is 1.77. The lowest BCUT2D eigenvalue weighted by atomic mass is 10.2. The van der Waals surface area contributed by atoms with Crippen LogP contribution < -0.4 is 5.32 Å². The molecule has 0 saturated heterocycles. The van der Waals surface area contributed by atoms with Crippen molar-refractivity contribution >= 4 is 5.82 Å². The van der Waals surface area contributed by atoms with Crippen molar-refractivity contribution in [3.05, 3.63) is 60.4 Å². The minimum Gasteiger partial charge on any atom is -0.365 e. The summed E-state index contributed by atoms with van der Waals surface area (Å²) in [6, 6.07) is 7.63. The van der Waals surface area contributed by atoms with Gasteiger partial charge in [0.25, 0.3) is 0 Å². The first-order chi connectivity index (χ1) is 10.3. The van der Waals surface area contributed by atoms with E-state index in [0.29, 0.717) is 18.1 Å². The van der Waals surface area contributed by atoms with Crippen molar-refractivity contribution in [1.82, 2.24) is 24.7 Å². The van der Waals surface area contributed by atoms with Crippen molar-refractivity contribution in [3.8, 4) is 11.9 Å². The van der Waals surface area contributed by atoms with Gasteiger partial charge in [-0.15, -0.1) is 0 Å². The average Bonchev–Trinajstić information content (AvgIpc) is 3.08. The summed E-state index contributed by atoms with van der Waals surface area (Å²) in [5.41, 5.74) is 1.34. The van der Waals surface area contributed by atoms with Crippen molar-refractivity contribution in [2.24, 2.45) is 0 Å². The Morgan fingerprint density at radius 2 is 2.14 bits per heavy atom. The first-order valence-electron chi connectivity index (χ1n) is 6.26. The summed E-state index contributed by atoms with van der Waals surface area (Å²) in [6.45, 7) is 0.581. The quantitative estimate of drug-likeness (QED) is 0.777. The van der Waals surface area contributed by atoms with E-state index in [2.05, 4.69) is 25.4 Å². The summed E-state index contributed by atoms with van der Waals surface area (Å²) in [7, 11) is 0. The monoisotopic (exact) mass is 277 g/mol. The van der Waals surface area contributed by atoms with Crippen molar-refractivity contribution < 1.29 is 0 Å². The minimum absolute atomic E-state index is 0.297. The molecule has 7 heteroatoms. The van der Waals surface area contributed by atoms with Crippen LogP contribution in [0.2, 0.25) is 0 Å². The number of pyridine rings is 1. The van der Waals surface area contributed by atoms with Gasteiger partial charge in [-0.05, 0) is 23.8 Å². The molecular weight excluding hydrogens is 266 g/mol. The lowest BCUT2D eigenvalue weighted by Gasteiger charge is -2.07. The summed E-state index contributed by atoms with van der Waals surface area (Å²) < 4.78 is 1.70. The van der Waals surface area contributed by atoms with Gasteiger partial charge in [-0.1, -0.05) is 0 Å². The zero-order valence-electron chi connectivity index (χ0n) is 11.0. The normalized spacial score (nSPS) is 10.0. The highest BCUT2D eigenvalue weighted by Gasteiger charge is 2.01. The van der Waals surface area contributed by atoms with Crippen molar-refractivity contribution in [1.29, 1.82) is 5.26 Å². The van der Waals surface area contributed by atoms with Crippen LogP contribution in [0.15, 0.2) is 49.2 Å². The number of anilines is 1. The molecule has 1 N–H and O–H groups in total. The standard InChI is InChI=1S/C14H11N7/c15-7-12-9-19-13(10-17-12)18-8-11-2-4-16-14(6-11)21-5-1-3-20-21/h1-6,9-10H,8H2,(H,18,19). The SMILES string of the molecule is N#Cc1cnc(NCc2ccnc(-n3cccn3)c2)cn1. The number of hydrogen-bond donors (Lipinski definition) is 1. The highest BCUT2D eigenvalue weighted by atomic mass is 15.3. The Kier molecular flexibility index (Phi) is 3.52. The zero-order valence-corrected chi connectivity index (χ0v) is 11.0. The third-order valence-corrected chi connectivity index (χ3v) is 2.79. The predicted molar refractivity (Wildman–Crippen MR) is 75.4 cm³/mol. The number of hydrogen-bond acceptors (Lipinski definition) is 6. The molecular formula is C14H11N7. The largest absolute Gasteiger partial charge is 0.365 e. The van der Waals surface area contributed by atoms with E-state index >= 15 is 0 Å². The van der Waals surface area contributed by atoms with Crippen LogP contribution in [0, 0.1) is 11.3 Å². The van der Waals surface area contributed by atoms with Crippen molar-refractivity contribution in [2.75, 3.05) is 5.32 Å². The van der Waals surface area contributed by atoms with Gasteiger partial charge in [0.05, 0.1) is 12.4 Å². The van der Waals surface area contributed by atoms with Gasteiger partial charge in [-0.3, -0.25) is 0 Å². The fraction of sp³-hybridized carbons (Fsp3) is 0.0714. The van der Waals surface area contributed by atoms with Crippen LogP contribution >= 0.6 is 0 Å². The molecule has 0 aliphatic rings. The molecule has 3 aromatic rings. The van der Waals surface area contributed by atoms with Crippen LogP contribution in [0.4, 0.5) is 5.82 Å². The van der Waals surface area contributed by atoms with Gasteiger partial charge in [0, 0.05) is 25.1 Å². The summed E-state index contributed by atoms with van der Waals surface area (Å²) in [4.78, 5) is 12.3. The van der Waals surface area contributed by atoms with Crippen LogP contribution in [0.1, 0.15) is 11.3 Å². The minimum atomic E-state index is 0.297. The molecule has 0 fully saturated rings. The molecule has 0 radical (unpaired) electrons. The number of nitrogens with one attached hydrogen (secondary N) is 1. The van der Waals surface area contributed by atoms with E-state index in [1.165, 1.54) is 12.4 Å². The van der Waals surface area contributed by atoms with Gasteiger partial charge in [-0.2, -0.15) is 10.4 Å². The summed E-state index contributed by atoms with van der Waals surface area (Å²) >= 11 is 0. The second-order valence-electron chi connectivity index (χ2n) is 4.23. The zero-order chi connectivity index (χ0) is 14.5. The third kappa shape index (κ3) is 3.01. The molecule has 3 rings (SSSR count). The molecule has 0 bridgehead atoms. The molecule has 0 atom stereocenters. The maximum absolute atomic E-state index is 8.67. The Balaban J connectivity index is 1.70. The van der Waals surface area contributed by atoms with Crippen molar-refractivity contribution in [2.45, 2.75) is 6.54 Å². The Bertz CT molecular complexity index is 757. The number of aromatic nitrogens is 5. The molecule has 3 heterocycles. The number of rotatable bonds is 4. The molecule has 0 saturated carbocycles. The van der Waals surface area contributed by atoms with Gasteiger partial charge >= 0.3 is 0 Å². The lowest BCUT2D eigenvalue weighted by Crippen LogP contribution is -2.04. The van der Waals surface area contributed by atoms with Crippen LogP contribution in [0.3, 0.4) is 0 Å². The van der Waals surface area contributed by atoms with Gasteiger partial charge < -0.3 is 5.32 Å². The van der Waals surface area contributed by atoms with E-state index in [4.69, 9.17) is 5.26 Å². The van der Waals surface area contributed by atoms with E-state index < -0.39 is 0 Å². The first-order valence-corrected chi connectivity index (χ1v) is 6.26. The van der Waals surface area contributed by atoms with Crippen LogP contribution in [-0.4, -0.2) is 24.7 Å². The van der Waals surface area contributed by atoms with E-state index in [9.17, 15) is 0 Å². The van der Waals surface area contributed by atoms with Crippen LogP contribution in [0.5, 0.6) is 0 Å². The highest BCUT2D eigenvalue weighted by Crippen LogP contribution is 2.08. The Morgan fingerprint density at radius 3 is 2.86 bits per heavy atom. The van der Waals surface area contributed by atoms with Gasteiger partial charge in [0.2, 0.25) is 0 Å². The highest BCUT2D eigenvalue weighted by molar-refractivity contribution is 5.36. The molecule has 21 heavy (non-hydrogen) atoms. The fourth-order valence-corrected chi connectivity index (χ4v) is 1.77. The lowest BCUT2D eigenvalue weighted by molar-refractivity contribution is 0.843. The average molecular weight is 277 g/mol. The van der Waals surface area contributed by atoms with E-state index in [1.54, 1.807) is 17.1 Å². The summed E-state index contributed by atoms with van der Waals surface area (Å²) in [6.07, 6.45) is 8.25. The summed E-state index contributed by atoms with van der Waals surface area (Å²) in [5.74, 6) is 1.37. The van der Waals surface area contributed by atoms with Crippen LogP contribution in [0.25, 0.3) is 5.82 Å². The predicted octanol–water partition coefficient (Wildman–Crippen LogP) is 1.54. The third-order valence-electron chi connectivity index (χ3n) is 2.79. The van der Waals surface area contributed by atoms with Crippen LogP contribution in [-0.2, 0) is 6.54 Å². The van der Waals surface area contributed by atoms with Gasteiger partial charge in [0.1, 0.15) is 11.9 Å². The summed E-state index contributed by atoms with van der Waals surface area (Å²) in [5, 5.41) is 16.0. The molecule has 7 nitrogen and oxygen atoms in total. The number of nitriles is 1. The topological polar surface area (TPSA) is 92.3 Å². The van der Waals surface area contributed by atoms with Gasteiger partial charge in [0.15, 0.2) is 11.5 Å². The molecule has 3 aromatic heterocycles. The Morgan fingerprint density at radius 1 is 1.19 bits per heavy atom. The molecule has 0 unspecified atom stereocenters. The number of nitrogens with zero attached hydrogens (tertiary/aromatic N) is 6. The molecule has 0 aromatic carbocycles. The van der Waals surface area contributed by atoms with E-state index in [1.807, 2.05) is 30.5 Å². The van der Waals surface area contributed by atoms with Gasteiger partial charge in [-0.25, -0.2) is 19.6 Å². The van der Waals surface area contributed by atoms with E-state index in [0.717, 1.165) is 11.4 Å². The smallest absolute Gasteiger partial charge is 0.158 e. The maximum atomic E-state index is 8.67. The first kappa shape index (κ1) is 12.7. The molecule has 0 amide bonds. The molecule has 102 valence electrons. The van der Waals surface area contributed by atoms with Crippen molar-refractivity contribution in [3.63, 3.8) is 0 Å². The Labute approximate surface area is 120 Å².